The quantitative estimate of drug-likeness (QED) is 0.629. The van der Waals surface area contributed by atoms with Gasteiger partial charge in [0.15, 0.2) is 0 Å². The summed E-state index contributed by atoms with van der Waals surface area (Å²) in [6.45, 7) is 13.4. The van der Waals surface area contributed by atoms with Gasteiger partial charge in [0.2, 0.25) is 0 Å². The Balaban J connectivity index is 1.82. The second-order valence-electron chi connectivity index (χ2n) is 7.51. The van der Waals surface area contributed by atoms with Gasteiger partial charge in [0, 0.05) is 35.7 Å². The number of nitrogens with zero attached hydrogens (tertiary/aromatic N) is 1. The summed E-state index contributed by atoms with van der Waals surface area (Å²) in [7, 11) is 0. The number of hydrogen-bond donors (Lipinski definition) is 3. The first kappa shape index (κ1) is 20.9. The van der Waals surface area contributed by atoms with E-state index >= 15 is 0 Å². The molecule has 6 heteroatoms. The number of fused-ring (bicyclic) bond motifs is 1. The lowest BCUT2D eigenvalue weighted by atomic mass is 10.0. The molecule has 1 aromatic carbocycles. The Labute approximate surface area is 172 Å². The molecular formula is C23H30N4O2. The molecule has 0 unspecified atom stereocenters. The molecule has 0 radical (unpaired) electrons. The first-order valence-electron chi connectivity index (χ1n) is 10.2. The van der Waals surface area contributed by atoms with E-state index in [1.807, 2.05) is 45.0 Å². The molecule has 1 aromatic heterocycles. The van der Waals surface area contributed by atoms with Crippen molar-refractivity contribution >= 4 is 29.2 Å². The van der Waals surface area contributed by atoms with Crippen LogP contribution in [0.1, 0.15) is 52.3 Å². The van der Waals surface area contributed by atoms with E-state index in [4.69, 9.17) is 0 Å². The van der Waals surface area contributed by atoms with Crippen molar-refractivity contribution < 1.29 is 9.59 Å². The van der Waals surface area contributed by atoms with Crippen LogP contribution in [0.4, 0.5) is 5.69 Å². The lowest BCUT2D eigenvalue weighted by Gasteiger charge is -2.18. The fraction of sp³-hybridized carbons (Fsp3) is 0.391. The maximum Gasteiger partial charge on any atom is 0.256 e. The minimum absolute atomic E-state index is 0.0834. The monoisotopic (exact) mass is 394 g/mol. The van der Waals surface area contributed by atoms with Crippen LogP contribution in [-0.4, -0.2) is 47.9 Å². The second-order valence-corrected chi connectivity index (χ2v) is 7.51. The number of carbonyl (C=O) groups excluding carboxylic acids is 2. The fourth-order valence-electron chi connectivity index (χ4n) is 3.81. The van der Waals surface area contributed by atoms with Crippen molar-refractivity contribution in [3.63, 3.8) is 0 Å². The number of carbonyl (C=O) groups is 2. The number of amides is 2. The smallest absolute Gasteiger partial charge is 0.256 e. The van der Waals surface area contributed by atoms with Crippen molar-refractivity contribution in [1.82, 2.24) is 15.2 Å². The highest BCUT2D eigenvalue weighted by Gasteiger charge is 2.25. The number of aromatic amines is 1. The summed E-state index contributed by atoms with van der Waals surface area (Å²) in [4.78, 5) is 30.8. The summed E-state index contributed by atoms with van der Waals surface area (Å²) in [5.41, 5.74) is 6.52. The molecule has 6 nitrogen and oxygen atoms in total. The van der Waals surface area contributed by atoms with Crippen LogP contribution in [0.2, 0.25) is 0 Å². The first-order chi connectivity index (χ1) is 13.8. The highest BCUT2D eigenvalue weighted by molar-refractivity contribution is 6.35. The van der Waals surface area contributed by atoms with Gasteiger partial charge in [-0.3, -0.25) is 9.59 Å². The Bertz CT molecular complexity index is 967. The van der Waals surface area contributed by atoms with E-state index < -0.39 is 0 Å². The van der Waals surface area contributed by atoms with E-state index in [1.54, 1.807) is 0 Å². The summed E-state index contributed by atoms with van der Waals surface area (Å²) in [6.07, 6.45) is 1.84. The van der Waals surface area contributed by atoms with Crippen LogP contribution >= 0.6 is 0 Å². The molecule has 1 aliphatic rings. The van der Waals surface area contributed by atoms with E-state index in [2.05, 4.69) is 34.4 Å². The van der Waals surface area contributed by atoms with Crippen LogP contribution < -0.4 is 10.6 Å². The average molecular weight is 395 g/mol. The Morgan fingerprint density at radius 3 is 2.59 bits per heavy atom. The van der Waals surface area contributed by atoms with Crippen LogP contribution in [0.15, 0.2) is 18.2 Å². The molecule has 2 heterocycles. The van der Waals surface area contributed by atoms with Gasteiger partial charge in [0.25, 0.3) is 11.8 Å². The van der Waals surface area contributed by atoms with Gasteiger partial charge in [0.1, 0.15) is 0 Å². The standard InChI is InChI=1S/C23H30N4O2/c1-6-27(7-2)11-10-24-23(29)21-15(4)19(25-16(21)5)13-18-17-9-8-14(3)12-20(17)26-22(18)28/h8-9,12-13,25H,6-7,10-11H2,1-5H3,(H,24,29)(H,26,28). The van der Waals surface area contributed by atoms with Crippen LogP contribution in [0.3, 0.4) is 0 Å². The number of rotatable bonds is 7. The second kappa shape index (κ2) is 8.66. The maximum absolute atomic E-state index is 12.7. The van der Waals surface area contributed by atoms with Crippen molar-refractivity contribution in [1.29, 1.82) is 0 Å². The Morgan fingerprint density at radius 2 is 1.90 bits per heavy atom. The first-order valence-corrected chi connectivity index (χ1v) is 10.2. The molecule has 3 N–H and O–H groups in total. The number of likely N-dealkylation sites (N-methyl/N-ethyl adjacent to an activating group) is 1. The molecule has 2 aromatic rings. The lowest BCUT2D eigenvalue weighted by Crippen LogP contribution is -2.35. The van der Waals surface area contributed by atoms with Gasteiger partial charge >= 0.3 is 0 Å². The molecule has 154 valence electrons. The van der Waals surface area contributed by atoms with Gasteiger partial charge < -0.3 is 20.5 Å². The number of anilines is 1. The van der Waals surface area contributed by atoms with Gasteiger partial charge in [-0.15, -0.1) is 0 Å². The number of aromatic nitrogens is 1. The lowest BCUT2D eigenvalue weighted by molar-refractivity contribution is -0.110. The molecule has 0 spiro atoms. The van der Waals surface area contributed by atoms with Crippen molar-refractivity contribution in [2.75, 3.05) is 31.5 Å². The largest absolute Gasteiger partial charge is 0.358 e. The summed E-state index contributed by atoms with van der Waals surface area (Å²) in [5.74, 6) is -0.206. The molecule has 29 heavy (non-hydrogen) atoms. The highest BCUT2D eigenvalue weighted by atomic mass is 16.2. The van der Waals surface area contributed by atoms with Gasteiger partial charge in [-0.05, 0) is 57.1 Å². The van der Waals surface area contributed by atoms with Crippen LogP contribution in [-0.2, 0) is 4.79 Å². The summed E-state index contributed by atoms with van der Waals surface area (Å²) < 4.78 is 0. The third-order valence-corrected chi connectivity index (χ3v) is 5.56. The fourth-order valence-corrected chi connectivity index (χ4v) is 3.81. The van der Waals surface area contributed by atoms with Crippen LogP contribution in [0, 0.1) is 20.8 Å². The van der Waals surface area contributed by atoms with E-state index in [9.17, 15) is 9.59 Å². The minimum Gasteiger partial charge on any atom is -0.358 e. The molecule has 0 atom stereocenters. The normalized spacial score (nSPS) is 14.4. The number of nitrogens with one attached hydrogen (secondary N) is 3. The predicted octanol–water partition coefficient (Wildman–Crippen LogP) is 3.50. The topological polar surface area (TPSA) is 77.2 Å². The van der Waals surface area contributed by atoms with E-state index in [0.29, 0.717) is 17.7 Å². The summed E-state index contributed by atoms with van der Waals surface area (Å²) in [6, 6.07) is 5.92. The molecule has 1 aliphatic heterocycles. The molecule has 0 aliphatic carbocycles. The summed E-state index contributed by atoms with van der Waals surface area (Å²) in [5, 5.41) is 5.93. The van der Waals surface area contributed by atoms with Crippen molar-refractivity contribution in [2.24, 2.45) is 0 Å². The van der Waals surface area contributed by atoms with Crippen LogP contribution in [0.5, 0.6) is 0 Å². The van der Waals surface area contributed by atoms with Crippen molar-refractivity contribution in [3.05, 3.63) is 51.8 Å². The Kier molecular flexibility index (Phi) is 6.23. The zero-order valence-electron chi connectivity index (χ0n) is 17.9. The van der Waals surface area contributed by atoms with Crippen LogP contribution in [0.25, 0.3) is 11.6 Å². The maximum atomic E-state index is 12.7. The third-order valence-electron chi connectivity index (χ3n) is 5.56. The van der Waals surface area contributed by atoms with Gasteiger partial charge in [-0.25, -0.2) is 0 Å². The molecule has 0 fully saturated rings. The zero-order valence-corrected chi connectivity index (χ0v) is 17.9. The molecule has 0 bridgehead atoms. The van der Waals surface area contributed by atoms with E-state index in [-0.39, 0.29) is 11.8 Å². The van der Waals surface area contributed by atoms with Crippen molar-refractivity contribution in [3.8, 4) is 0 Å². The van der Waals surface area contributed by atoms with Gasteiger partial charge in [0.05, 0.1) is 11.1 Å². The number of H-pyrrole nitrogens is 1. The van der Waals surface area contributed by atoms with Crippen molar-refractivity contribution in [2.45, 2.75) is 34.6 Å². The highest BCUT2D eigenvalue weighted by Crippen LogP contribution is 2.34. The van der Waals surface area contributed by atoms with E-state index in [1.165, 1.54) is 0 Å². The minimum atomic E-state index is -0.123. The Hall–Kier alpha value is -2.86. The molecule has 0 saturated heterocycles. The third kappa shape index (κ3) is 4.27. The number of aryl methyl sites for hydroxylation is 2. The average Bonchev–Trinajstić information content (AvgIpc) is 3.14. The predicted molar refractivity (Wildman–Crippen MR) is 118 cm³/mol. The molecule has 3 rings (SSSR count). The van der Waals surface area contributed by atoms with E-state index in [0.717, 1.165) is 53.4 Å². The van der Waals surface area contributed by atoms with Gasteiger partial charge in [-0.2, -0.15) is 0 Å². The number of hydrogen-bond acceptors (Lipinski definition) is 3. The Morgan fingerprint density at radius 1 is 1.17 bits per heavy atom. The molecule has 2 amide bonds. The van der Waals surface area contributed by atoms with Gasteiger partial charge in [-0.1, -0.05) is 26.0 Å². The SMILES string of the molecule is CCN(CC)CCNC(=O)c1c(C)[nH]c(C=C2C(=O)Nc3cc(C)ccc32)c1C. The molecule has 0 saturated carbocycles. The number of benzene rings is 1. The molecular weight excluding hydrogens is 364 g/mol. The zero-order chi connectivity index (χ0) is 21.1. The summed E-state index contributed by atoms with van der Waals surface area (Å²) >= 11 is 0.